The molecule has 23 heavy (non-hydrogen) atoms. The minimum Gasteiger partial charge on any atom is -0.369 e. The lowest BCUT2D eigenvalue weighted by atomic mass is 10.0. The maximum Gasteiger partial charge on any atom is 0.320 e. The first-order chi connectivity index (χ1) is 11.2. The van der Waals surface area contributed by atoms with Gasteiger partial charge in [0.05, 0.1) is 18.1 Å². The summed E-state index contributed by atoms with van der Waals surface area (Å²) in [6.45, 7) is 7.02. The van der Waals surface area contributed by atoms with Crippen LogP contribution in [0.4, 0.5) is 0 Å². The second-order valence-corrected chi connectivity index (χ2v) is 7.36. The SMILES string of the molecule is CN1CCN(C2CCN(C3=CN4N=[C+]C(Br)=C4N=C3)CC2)CC1. The summed E-state index contributed by atoms with van der Waals surface area (Å²) in [5.41, 5.74) is 1.15. The van der Waals surface area contributed by atoms with E-state index in [2.05, 4.69) is 60.2 Å². The highest BCUT2D eigenvalue weighted by molar-refractivity contribution is 9.12. The summed E-state index contributed by atoms with van der Waals surface area (Å²) < 4.78 is 0.817. The Hall–Kier alpha value is -1.27. The Labute approximate surface area is 145 Å². The van der Waals surface area contributed by atoms with Crippen LogP contribution in [0.15, 0.2) is 32.3 Å². The van der Waals surface area contributed by atoms with Crippen molar-refractivity contribution in [3.63, 3.8) is 0 Å². The lowest BCUT2D eigenvalue weighted by Crippen LogP contribution is -2.52. The Morgan fingerprint density at radius 2 is 1.87 bits per heavy atom. The molecule has 4 aliphatic rings. The molecule has 4 heterocycles. The van der Waals surface area contributed by atoms with E-state index in [9.17, 15) is 0 Å². The predicted molar refractivity (Wildman–Crippen MR) is 95.5 cm³/mol. The summed E-state index contributed by atoms with van der Waals surface area (Å²) in [5, 5.41) is 6.01. The number of hydrazone groups is 1. The van der Waals surface area contributed by atoms with Gasteiger partial charge >= 0.3 is 10.3 Å². The number of likely N-dealkylation sites (tertiary alicyclic amines) is 1. The second-order valence-electron chi connectivity index (χ2n) is 6.56. The first-order valence-corrected chi connectivity index (χ1v) is 9.09. The van der Waals surface area contributed by atoms with E-state index < -0.39 is 0 Å². The van der Waals surface area contributed by atoms with E-state index in [0.717, 1.165) is 35.1 Å². The van der Waals surface area contributed by atoms with Gasteiger partial charge in [-0.05, 0) is 19.9 Å². The van der Waals surface area contributed by atoms with E-state index in [4.69, 9.17) is 0 Å². The highest BCUT2D eigenvalue weighted by Crippen LogP contribution is 2.28. The summed E-state index contributed by atoms with van der Waals surface area (Å²) in [7, 11) is 2.22. The molecule has 2 saturated heterocycles. The molecular formula is C16H22BrN6+. The van der Waals surface area contributed by atoms with Gasteiger partial charge in [-0.15, -0.1) is 10.0 Å². The molecule has 122 valence electrons. The number of piperidine rings is 1. The molecule has 0 aromatic heterocycles. The average molecular weight is 378 g/mol. The van der Waals surface area contributed by atoms with Crippen LogP contribution < -0.4 is 0 Å². The van der Waals surface area contributed by atoms with Crippen molar-refractivity contribution >= 4 is 28.4 Å². The maximum atomic E-state index is 4.50. The number of piperazine rings is 1. The smallest absolute Gasteiger partial charge is 0.320 e. The van der Waals surface area contributed by atoms with Gasteiger partial charge in [0.2, 0.25) is 0 Å². The minimum absolute atomic E-state index is 0.740. The Bertz CT molecular complexity index is 579. The Balaban J connectivity index is 1.35. The van der Waals surface area contributed by atoms with Crippen molar-refractivity contribution in [3.8, 4) is 0 Å². The third kappa shape index (κ3) is 3.06. The Kier molecular flexibility index (Phi) is 4.20. The predicted octanol–water partition coefficient (Wildman–Crippen LogP) is 1.37. The van der Waals surface area contributed by atoms with Crippen molar-refractivity contribution in [3.05, 3.63) is 22.2 Å². The van der Waals surface area contributed by atoms with Crippen LogP contribution in [-0.4, -0.2) is 84.5 Å². The average Bonchev–Trinajstić information content (AvgIpc) is 2.96. The number of nitrogens with zero attached hydrogens (tertiary/aromatic N) is 6. The first-order valence-electron chi connectivity index (χ1n) is 8.30. The molecule has 2 fully saturated rings. The normalized spacial score (nSPS) is 26.6. The lowest BCUT2D eigenvalue weighted by molar-refractivity contribution is 0.0767. The number of hydrogen-bond donors (Lipinski definition) is 0. The van der Waals surface area contributed by atoms with Gasteiger partial charge in [0.15, 0.2) is 0 Å². The van der Waals surface area contributed by atoms with Gasteiger partial charge in [-0.1, -0.05) is 0 Å². The fourth-order valence-corrected chi connectivity index (χ4v) is 3.99. The molecule has 0 N–H and O–H groups in total. The molecule has 0 unspecified atom stereocenters. The standard InChI is InChI=1S/C16H22BrN6/c1-20-6-8-22(9-7-20)13-2-4-21(5-3-13)14-10-18-16-15(17)11-19-23(16)12-14/h10,12-13H,2-9H2,1H3/q+1. The molecule has 0 amide bonds. The van der Waals surface area contributed by atoms with E-state index >= 15 is 0 Å². The Morgan fingerprint density at radius 1 is 1.13 bits per heavy atom. The number of likely N-dealkylation sites (N-methyl/N-ethyl adjacent to an activating group) is 1. The van der Waals surface area contributed by atoms with E-state index in [0.29, 0.717) is 0 Å². The molecule has 0 atom stereocenters. The van der Waals surface area contributed by atoms with Crippen molar-refractivity contribution in [2.75, 3.05) is 46.3 Å². The quantitative estimate of drug-likeness (QED) is 0.681. The van der Waals surface area contributed by atoms with E-state index in [-0.39, 0.29) is 0 Å². The molecule has 0 spiro atoms. The van der Waals surface area contributed by atoms with Crippen molar-refractivity contribution < 1.29 is 0 Å². The molecule has 0 radical (unpaired) electrons. The molecule has 0 bridgehead atoms. The lowest BCUT2D eigenvalue weighted by Gasteiger charge is -2.42. The number of hydrogen-bond acceptors (Lipinski definition) is 6. The Morgan fingerprint density at radius 3 is 2.61 bits per heavy atom. The highest BCUT2D eigenvalue weighted by Gasteiger charge is 2.33. The van der Waals surface area contributed by atoms with Gasteiger partial charge < -0.3 is 9.80 Å². The monoisotopic (exact) mass is 377 g/mol. The van der Waals surface area contributed by atoms with Crippen LogP contribution in [0.3, 0.4) is 0 Å². The second kappa shape index (κ2) is 6.32. The third-order valence-electron chi connectivity index (χ3n) is 5.13. The molecule has 0 aliphatic carbocycles. The van der Waals surface area contributed by atoms with Crippen LogP contribution in [-0.2, 0) is 0 Å². The van der Waals surface area contributed by atoms with Gasteiger partial charge in [0, 0.05) is 66.3 Å². The van der Waals surface area contributed by atoms with Gasteiger partial charge in [-0.3, -0.25) is 4.90 Å². The van der Waals surface area contributed by atoms with Crippen LogP contribution >= 0.6 is 15.9 Å². The third-order valence-corrected chi connectivity index (χ3v) is 5.66. The van der Waals surface area contributed by atoms with Crippen LogP contribution in [0.25, 0.3) is 0 Å². The van der Waals surface area contributed by atoms with Gasteiger partial charge in [-0.2, -0.15) is 0 Å². The molecule has 0 aromatic rings. The fraction of sp³-hybridized carbons (Fsp3) is 0.625. The first kappa shape index (κ1) is 15.3. The zero-order valence-electron chi connectivity index (χ0n) is 13.5. The van der Waals surface area contributed by atoms with Crippen LogP contribution in [0, 0.1) is 0 Å². The molecule has 0 saturated carbocycles. The fourth-order valence-electron chi connectivity index (χ4n) is 3.63. The zero-order chi connectivity index (χ0) is 15.8. The number of aliphatic imine (C=N–C) groups is 1. The molecular weight excluding hydrogens is 356 g/mol. The van der Waals surface area contributed by atoms with Crippen LogP contribution in [0.5, 0.6) is 0 Å². The topological polar surface area (TPSA) is 37.7 Å². The summed E-state index contributed by atoms with van der Waals surface area (Å²) in [5.74, 6) is 0.820. The van der Waals surface area contributed by atoms with Crippen LogP contribution in [0.1, 0.15) is 12.8 Å². The molecule has 0 aromatic carbocycles. The van der Waals surface area contributed by atoms with Crippen molar-refractivity contribution in [1.29, 1.82) is 0 Å². The van der Waals surface area contributed by atoms with E-state index in [1.54, 1.807) is 5.01 Å². The van der Waals surface area contributed by atoms with Gasteiger partial charge in [0.1, 0.15) is 0 Å². The van der Waals surface area contributed by atoms with E-state index in [1.165, 1.54) is 39.0 Å². The maximum absolute atomic E-state index is 4.50. The van der Waals surface area contributed by atoms with Crippen molar-refractivity contribution in [2.45, 2.75) is 18.9 Å². The van der Waals surface area contributed by atoms with Gasteiger partial charge in [0.25, 0.3) is 6.21 Å². The largest absolute Gasteiger partial charge is 0.369 e. The number of rotatable bonds is 2. The summed E-state index contributed by atoms with van der Waals surface area (Å²) in [6, 6.07) is 0.740. The minimum atomic E-state index is 0.740. The van der Waals surface area contributed by atoms with Crippen molar-refractivity contribution in [1.82, 2.24) is 19.7 Å². The van der Waals surface area contributed by atoms with Crippen LogP contribution in [0.2, 0.25) is 0 Å². The number of fused-ring (bicyclic) bond motifs is 1. The van der Waals surface area contributed by atoms with Crippen molar-refractivity contribution in [2.24, 2.45) is 10.1 Å². The summed E-state index contributed by atoms with van der Waals surface area (Å²) in [4.78, 5) is 12.0. The molecule has 4 rings (SSSR count). The highest BCUT2D eigenvalue weighted by atomic mass is 79.9. The zero-order valence-corrected chi connectivity index (χ0v) is 15.0. The molecule has 6 nitrogen and oxygen atoms in total. The summed E-state index contributed by atoms with van der Waals surface area (Å²) in [6.07, 6.45) is 9.37. The number of allylic oxidation sites excluding steroid dienone is 2. The molecule has 7 heteroatoms. The van der Waals surface area contributed by atoms with Gasteiger partial charge in [-0.25, -0.2) is 0 Å². The number of halogens is 1. The summed E-state index contributed by atoms with van der Waals surface area (Å²) >= 11 is 3.42. The molecule has 4 aliphatic heterocycles. The van der Waals surface area contributed by atoms with E-state index in [1.807, 2.05) is 6.21 Å².